The Morgan fingerprint density at radius 1 is 1.14 bits per heavy atom. The average Bonchev–Trinajstić information content (AvgIpc) is 3.04. The number of nitrogens with one attached hydrogen (secondary N) is 1. The van der Waals surface area contributed by atoms with Crippen LogP contribution in [0, 0.1) is 13.8 Å². The quantitative estimate of drug-likeness (QED) is 0.632. The van der Waals surface area contributed by atoms with Crippen LogP contribution in [0.15, 0.2) is 47.6 Å². The maximum absolute atomic E-state index is 12.6. The van der Waals surface area contributed by atoms with Gasteiger partial charge in [0.15, 0.2) is 11.0 Å². The fourth-order valence-electron chi connectivity index (χ4n) is 2.81. The molecule has 28 heavy (non-hydrogen) atoms. The van der Waals surface area contributed by atoms with E-state index in [2.05, 4.69) is 21.6 Å². The molecule has 3 rings (SSSR count). The van der Waals surface area contributed by atoms with Gasteiger partial charge >= 0.3 is 0 Å². The number of aromatic nitrogens is 3. The lowest BCUT2D eigenvalue weighted by Crippen LogP contribution is -2.23. The minimum atomic E-state index is -0.313. The monoisotopic (exact) mass is 396 g/mol. The van der Waals surface area contributed by atoms with Crippen molar-refractivity contribution in [1.29, 1.82) is 0 Å². The summed E-state index contributed by atoms with van der Waals surface area (Å²) in [5.74, 6) is 1.47. The van der Waals surface area contributed by atoms with Crippen molar-refractivity contribution in [2.45, 2.75) is 31.2 Å². The third-order valence-corrected chi connectivity index (χ3v) is 5.61. The first-order valence-electron chi connectivity index (χ1n) is 8.97. The first kappa shape index (κ1) is 19.9. The Morgan fingerprint density at radius 3 is 2.50 bits per heavy atom. The van der Waals surface area contributed by atoms with Crippen molar-refractivity contribution in [1.82, 2.24) is 14.8 Å². The molecule has 1 unspecified atom stereocenters. The SMILES string of the molecule is COc1ccc(-c2nnc(SC(C)C(=O)Nc3ccc(C)cc3C)n2C)cc1. The second-order valence-electron chi connectivity index (χ2n) is 6.66. The van der Waals surface area contributed by atoms with E-state index in [0.717, 1.165) is 28.4 Å². The number of thioether (sulfide) groups is 1. The van der Waals surface area contributed by atoms with E-state index in [9.17, 15) is 4.79 Å². The lowest BCUT2D eigenvalue weighted by molar-refractivity contribution is -0.115. The summed E-state index contributed by atoms with van der Waals surface area (Å²) in [7, 11) is 3.53. The van der Waals surface area contributed by atoms with E-state index in [4.69, 9.17) is 4.74 Å². The highest BCUT2D eigenvalue weighted by atomic mass is 32.2. The molecule has 6 nitrogen and oxygen atoms in total. The number of nitrogens with zero attached hydrogens (tertiary/aromatic N) is 3. The van der Waals surface area contributed by atoms with Crippen molar-refractivity contribution >= 4 is 23.4 Å². The molecule has 0 radical (unpaired) electrons. The van der Waals surface area contributed by atoms with Crippen LogP contribution in [0.25, 0.3) is 11.4 Å². The van der Waals surface area contributed by atoms with Gasteiger partial charge in [0.2, 0.25) is 5.91 Å². The van der Waals surface area contributed by atoms with Gasteiger partial charge in [-0.3, -0.25) is 4.79 Å². The number of carbonyl (C=O) groups is 1. The third-order valence-electron chi connectivity index (χ3n) is 4.47. The van der Waals surface area contributed by atoms with Crippen LogP contribution in [0.5, 0.6) is 5.75 Å². The van der Waals surface area contributed by atoms with Gasteiger partial charge in [-0.25, -0.2) is 0 Å². The molecule has 2 aromatic carbocycles. The highest BCUT2D eigenvalue weighted by molar-refractivity contribution is 8.00. The van der Waals surface area contributed by atoms with E-state index in [1.54, 1.807) is 7.11 Å². The topological polar surface area (TPSA) is 69.0 Å². The van der Waals surface area contributed by atoms with Crippen molar-refractivity contribution in [3.05, 3.63) is 53.6 Å². The number of benzene rings is 2. The Morgan fingerprint density at radius 2 is 1.86 bits per heavy atom. The Balaban J connectivity index is 1.70. The largest absolute Gasteiger partial charge is 0.497 e. The molecule has 3 aromatic rings. The minimum Gasteiger partial charge on any atom is -0.497 e. The molecule has 0 aliphatic carbocycles. The van der Waals surface area contributed by atoms with E-state index in [0.29, 0.717) is 5.16 Å². The van der Waals surface area contributed by atoms with Gasteiger partial charge in [0.05, 0.1) is 12.4 Å². The summed E-state index contributed by atoms with van der Waals surface area (Å²) in [6.45, 7) is 5.89. The van der Waals surface area contributed by atoms with Crippen molar-refractivity contribution in [2.24, 2.45) is 7.05 Å². The predicted molar refractivity (Wildman–Crippen MR) is 113 cm³/mol. The van der Waals surface area contributed by atoms with Crippen LogP contribution in [-0.2, 0) is 11.8 Å². The van der Waals surface area contributed by atoms with Crippen LogP contribution in [0.3, 0.4) is 0 Å². The normalized spacial score (nSPS) is 11.9. The number of carbonyl (C=O) groups excluding carboxylic acids is 1. The number of hydrogen-bond acceptors (Lipinski definition) is 5. The molecule has 1 amide bonds. The van der Waals surface area contributed by atoms with Gasteiger partial charge in [-0.2, -0.15) is 0 Å². The summed E-state index contributed by atoms with van der Waals surface area (Å²) in [4.78, 5) is 12.6. The summed E-state index contributed by atoms with van der Waals surface area (Å²) in [5, 5.41) is 11.9. The third kappa shape index (κ3) is 4.36. The van der Waals surface area contributed by atoms with Crippen molar-refractivity contribution in [3.63, 3.8) is 0 Å². The van der Waals surface area contributed by atoms with Crippen molar-refractivity contribution < 1.29 is 9.53 Å². The number of rotatable bonds is 6. The number of hydrogen-bond donors (Lipinski definition) is 1. The summed E-state index contributed by atoms with van der Waals surface area (Å²) >= 11 is 1.38. The minimum absolute atomic E-state index is 0.0639. The standard InChI is InChI=1S/C21H24N4O2S/c1-13-6-11-18(14(2)12-13)22-20(26)15(3)28-21-24-23-19(25(21)4)16-7-9-17(27-5)10-8-16/h6-12,15H,1-5H3,(H,22,26). The fourth-order valence-corrected chi connectivity index (χ4v) is 3.62. The molecule has 1 aromatic heterocycles. The van der Waals surface area contributed by atoms with Gasteiger partial charge in [0.25, 0.3) is 0 Å². The van der Waals surface area contributed by atoms with Crippen LogP contribution < -0.4 is 10.1 Å². The molecule has 1 atom stereocenters. The number of methoxy groups -OCH3 is 1. The first-order valence-corrected chi connectivity index (χ1v) is 9.85. The van der Waals surface area contributed by atoms with Crippen molar-refractivity contribution in [3.8, 4) is 17.1 Å². The number of ether oxygens (including phenoxy) is 1. The molecular formula is C21H24N4O2S. The summed E-state index contributed by atoms with van der Waals surface area (Å²) in [6.07, 6.45) is 0. The van der Waals surface area contributed by atoms with Crippen molar-refractivity contribution in [2.75, 3.05) is 12.4 Å². The Hall–Kier alpha value is -2.80. The molecule has 0 spiro atoms. The van der Waals surface area contributed by atoms with Gasteiger partial charge < -0.3 is 14.6 Å². The molecule has 0 aliphatic rings. The van der Waals surface area contributed by atoms with Crippen LogP contribution in [0.1, 0.15) is 18.1 Å². The Kier molecular flexibility index (Phi) is 6.04. The summed E-state index contributed by atoms with van der Waals surface area (Å²) in [5.41, 5.74) is 3.99. The molecule has 0 saturated heterocycles. The zero-order chi connectivity index (χ0) is 20.3. The van der Waals surface area contributed by atoms with Crippen LogP contribution in [0.4, 0.5) is 5.69 Å². The zero-order valence-corrected chi connectivity index (χ0v) is 17.5. The van der Waals surface area contributed by atoms with E-state index < -0.39 is 0 Å². The zero-order valence-electron chi connectivity index (χ0n) is 16.7. The van der Waals surface area contributed by atoms with Gasteiger partial charge in [-0.1, -0.05) is 29.5 Å². The van der Waals surface area contributed by atoms with Gasteiger partial charge in [0.1, 0.15) is 5.75 Å². The lowest BCUT2D eigenvalue weighted by Gasteiger charge is -2.13. The van der Waals surface area contributed by atoms with Gasteiger partial charge in [-0.05, 0) is 56.7 Å². The second-order valence-corrected chi connectivity index (χ2v) is 7.97. The Labute approximate surface area is 169 Å². The highest BCUT2D eigenvalue weighted by Crippen LogP contribution is 2.27. The maximum Gasteiger partial charge on any atom is 0.237 e. The highest BCUT2D eigenvalue weighted by Gasteiger charge is 2.20. The van der Waals surface area contributed by atoms with E-state index in [1.807, 2.05) is 68.8 Å². The smallest absolute Gasteiger partial charge is 0.237 e. The molecule has 0 aliphatic heterocycles. The molecular weight excluding hydrogens is 372 g/mol. The van der Waals surface area contributed by atoms with Gasteiger partial charge in [0, 0.05) is 18.3 Å². The maximum atomic E-state index is 12.6. The molecule has 0 saturated carbocycles. The fraction of sp³-hybridized carbons (Fsp3) is 0.286. The molecule has 7 heteroatoms. The van der Waals surface area contributed by atoms with Crippen LogP contribution in [-0.4, -0.2) is 33.0 Å². The predicted octanol–water partition coefficient (Wildman–Crippen LogP) is 4.23. The molecule has 0 bridgehead atoms. The van der Waals surface area contributed by atoms with Crippen LogP contribution >= 0.6 is 11.8 Å². The average molecular weight is 397 g/mol. The molecule has 1 N–H and O–H groups in total. The summed E-state index contributed by atoms with van der Waals surface area (Å²) in [6, 6.07) is 13.6. The molecule has 146 valence electrons. The lowest BCUT2D eigenvalue weighted by atomic mass is 10.1. The first-order chi connectivity index (χ1) is 13.4. The second kappa shape index (κ2) is 8.48. The summed E-state index contributed by atoms with van der Waals surface area (Å²) < 4.78 is 7.09. The van der Waals surface area contributed by atoms with E-state index in [1.165, 1.54) is 17.3 Å². The number of amides is 1. The van der Waals surface area contributed by atoms with Crippen LogP contribution in [0.2, 0.25) is 0 Å². The van der Waals surface area contributed by atoms with E-state index >= 15 is 0 Å². The Bertz CT molecular complexity index is 983. The number of aryl methyl sites for hydroxylation is 2. The molecule has 1 heterocycles. The number of anilines is 1. The van der Waals surface area contributed by atoms with E-state index in [-0.39, 0.29) is 11.2 Å². The van der Waals surface area contributed by atoms with Gasteiger partial charge in [-0.15, -0.1) is 10.2 Å². The molecule has 0 fully saturated rings.